The van der Waals surface area contributed by atoms with Gasteiger partial charge >= 0.3 is 0 Å². The molecule has 0 fully saturated rings. The molecule has 1 rings (SSSR count). The summed E-state index contributed by atoms with van der Waals surface area (Å²) >= 11 is 0. The number of nitrogens with two attached hydrogens (primary N) is 1. The number of aliphatic hydroxyl groups excluding tert-OH is 1. The third-order valence-corrected chi connectivity index (χ3v) is 2.33. The van der Waals surface area contributed by atoms with Crippen LogP contribution in [0.25, 0.3) is 0 Å². The molecule has 0 spiro atoms. The zero-order valence-electron chi connectivity index (χ0n) is 8.41. The van der Waals surface area contributed by atoms with E-state index in [0.29, 0.717) is 5.56 Å². The Kier molecular flexibility index (Phi) is 2.90. The molecule has 0 aliphatic carbocycles. The van der Waals surface area contributed by atoms with Gasteiger partial charge in [0.15, 0.2) is 0 Å². The Hall–Kier alpha value is -1.37. The second-order valence-electron chi connectivity index (χ2n) is 3.72. The highest BCUT2D eigenvalue weighted by molar-refractivity contribution is 5.41. The van der Waals surface area contributed by atoms with Gasteiger partial charge in [0, 0.05) is 0 Å². The van der Waals surface area contributed by atoms with Crippen molar-refractivity contribution in [1.29, 1.82) is 5.26 Å². The van der Waals surface area contributed by atoms with Crippen LogP contribution in [0.3, 0.4) is 0 Å². The van der Waals surface area contributed by atoms with E-state index in [1.165, 1.54) is 0 Å². The molecule has 0 saturated carbocycles. The number of aryl methyl sites for hydroxylation is 1. The normalized spacial score (nSPS) is 14.5. The van der Waals surface area contributed by atoms with Crippen molar-refractivity contribution < 1.29 is 5.11 Å². The van der Waals surface area contributed by atoms with Gasteiger partial charge < -0.3 is 10.8 Å². The predicted octanol–water partition coefficient (Wildman–Crippen LogP) is 1.03. The van der Waals surface area contributed by atoms with Crippen LogP contribution in [-0.4, -0.2) is 11.7 Å². The Labute approximate surface area is 83.8 Å². The molecule has 3 nitrogen and oxygen atoms in total. The first-order chi connectivity index (χ1) is 6.51. The standard InChI is InChI=1S/C11H14N2O/c1-8-5-10(11(2,13)7-14)4-3-9(8)6-12/h3-5,14H,7,13H2,1-2H3/t11-/m0/s1. The molecule has 0 amide bonds. The smallest absolute Gasteiger partial charge is 0.0994 e. The van der Waals surface area contributed by atoms with Gasteiger partial charge in [-0.25, -0.2) is 0 Å². The van der Waals surface area contributed by atoms with Crippen molar-refractivity contribution in [3.63, 3.8) is 0 Å². The van der Waals surface area contributed by atoms with E-state index in [0.717, 1.165) is 11.1 Å². The molecule has 3 heteroatoms. The van der Waals surface area contributed by atoms with Crippen LogP contribution in [0, 0.1) is 18.3 Å². The quantitative estimate of drug-likeness (QED) is 0.731. The molecule has 0 bridgehead atoms. The van der Waals surface area contributed by atoms with Crippen LogP contribution in [0.4, 0.5) is 0 Å². The van der Waals surface area contributed by atoms with Gasteiger partial charge in [-0.2, -0.15) is 5.26 Å². The molecule has 1 aromatic carbocycles. The van der Waals surface area contributed by atoms with Crippen LogP contribution >= 0.6 is 0 Å². The summed E-state index contributed by atoms with van der Waals surface area (Å²) in [6.07, 6.45) is 0. The summed E-state index contributed by atoms with van der Waals surface area (Å²) < 4.78 is 0. The Balaban J connectivity index is 3.17. The number of nitrogens with zero attached hydrogens (tertiary/aromatic N) is 1. The Morgan fingerprint density at radius 1 is 1.57 bits per heavy atom. The molecule has 3 N–H and O–H groups in total. The van der Waals surface area contributed by atoms with E-state index in [1.807, 2.05) is 13.0 Å². The minimum atomic E-state index is -0.737. The number of benzene rings is 1. The Morgan fingerprint density at radius 2 is 2.21 bits per heavy atom. The molecule has 0 radical (unpaired) electrons. The molecule has 0 aromatic heterocycles. The number of hydrogen-bond donors (Lipinski definition) is 2. The van der Waals surface area contributed by atoms with E-state index in [1.54, 1.807) is 19.1 Å². The van der Waals surface area contributed by atoms with Crippen LogP contribution in [-0.2, 0) is 5.54 Å². The molecule has 1 aromatic rings. The summed E-state index contributed by atoms with van der Waals surface area (Å²) in [5.41, 5.74) is 7.50. The molecular formula is C11H14N2O. The van der Waals surface area contributed by atoms with Gasteiger partial charge in [0.05, 0.1) is 23.8 Å². The zero-order valence-corrected chi connectivity index (χ0v) is 8.41. The Morgan fingerprint density at radius 3 is 2.64 bits per heavy atom. The van der Waals surface area contributed by atoms with Gasteiger partial charge in [0.2, 0.25) is 0 Å². The van der Waals surface area contributed by atoms with E-state index >= 15 is 0 Å². The van der Waals surface area contributed by atoms with Crippen LogP contribution < -0.4 is 5.73 Å². The molecule has 0 aliphatic heterocycles. The highest BCUT2D eigenvalue weighted by atomic mass is 16.3. The second kappa shape index (κ2) is 3.79. The van der Waals surface area contributed by atoms with Crippen molar-refractivity contribution in [1.82, 2.24) is 0 Å². The summed E-state index contributed by atoms with van der Waals surface area (Å²) in [6.45, 7) is 3.50. The average molecular weight is 190 g/mol. The van der Waals surface area contributed by atoms with Crippen LogP contribution in [0.2, 0.25) is 0 Å². The van der Waals surface area contributed by atoms with Gasteiger partial charge in [-0.15, -0.1) is 0 Å². The highest BCUT2D eigenvalue weighted by Gasteiger charge is 2.20. The molecule has 74 valence electrons. The molecule has 0 unspecified atom stereocenters. The molecule has 0 saturated heterocycles. The van der Waals surface area contributed by atoms with E-state index < -0.39 is 5.54 Å². The number of hydrogen-bond acceptors (Lipinski definition) is 3. The van der Waals surface area contributed by atoms with Crippen molar-refractivity contribution in [2.45, 2.75) is 19.4 Å². The first-order valence-corrected chi connectivity index (χ1v) is 4.42. The molecule has 1 atom stereocenters. The fraction of sp³-hybridized carbons (Fsp3) is 0.364. The van der Waals surface area contributed by atoms with Crippen molar-refractivity contribution in [2.75, 3.05) is 6.61 Å². The summed E-state index contributed by atoms with van der Waals surface area (Å²) in [5, 5.41) is 17.8. The lowest BCUT2D eigenvalue weighted by Gasteiger charge is -2.22. The predicted molar refractivity (Wildman–Crippen MR) is 54.5 cm³/mol. The van der Waals surface area contributed by atoms with Crippen LogP contribution in [0.15, 0.2) is 18.2 Å². The van der Waals surface area contributed by atoms with Gasteiger partial charge in [0.1, 0.15) is 0 Å². The maximum atomic E-state index is 9.07. The lowest BCUT2D eigenvalue weighted by atomic mass is 9.91. The number of aliphatic hydroxyl groups is 1. The SMILES string of the molecule is Cc1cc([C@@](C)(N)CO)ccc1C#N. The maximum Gasteiger partial charge on any atom is 0.0994 e. The van der Waals surface area contributed by atoms with E-state index in [-0.39, 0.29) is 6.61 Å². The van der Waals surface area contributed by atoms with E-state index in [2.05, 4.69) is 6.07 Å². The first kappa shape index (κ1) is 10.7. The topological polar surface area (TPSA) is 70.0 Å². The average Bonchev–Trinajstić information content (AvgIpc) is 2.17. The number of nitriles is 1. The van der Waals surface area contributed by atoms with Crippen molar-refractivity contribution >= 4 is 0 Å². The monoisotopic (exact) mass is 190 g/mol. The third-order valence-electron chi connectivity index (χ3n) is 2.33. The summed E-state index contributed by atoms with van der Waals surface area (Å²) in [4.78, 5) is 0. The van der Waals surface area contributed by atoms with Crippen molar-refractivity contribution in [3.8, 4) is 6.07 Å². The fourth-order valence-electron chi connectivity index (χ4n) is 1.24. The molecule has 0 heterocycles. The Bertz CT molecular complexity index is 377. The first-order valence-electron chi connectivity index (χ1n) is 4.42. The fourth-order valence-corrected chi connectivity index (χ4v) is 1.24. The zero-order chi connectivity index (χ0) is 10.8. The second-order valence-corrected chi connectivity index (χ2v) is 3.72. The largest absolute Gasteiger partial charge is 0.394 e. The van der Waals surface area contributed by atoms with Gasteiger partial charge in [0.25, 0.3) is 0 Å². The van der Waals surface area contributed by atoms with E-state index in [4.69, 9.17) is 16.1 Å². The summed E-state index contributed by atoms with van der Waals surface area (Å²) in [6, 6.07) is 7.44. The van der Waals surface area contributed by atoms with Crippen LogP contribution in [0.1, 0.15) is 23.6 Å². The lowest BCUT2D eigenvalue weighted by molar-refractivity contribution is 0.210. The summed E-state index contributed by atoms with van der Waals surface area (Å²) in [7, 11) is 0. The van der Waals surface area contributed by atoms with E-state index in [9.17, 15) is 0 Å². The van der Waals surface area contributed by atoms with Gasteiger partial charge in [-0.3, -0.25) is 0 Å². The van der Waals surface area contributed by atoms with Crippen LogP contribution in [0.5, 0.6) is 0 Å². The minimum absolute atomic E-state index is 0.113. The summed E-state index contributed by atoms with van der Waals surface area (Å²) in [5.74, 6) is 0. The van der Waals surface area contributed by atoms with Gasteiger partial charge in [-0.1, -0.05) is 12.1 Å². The van der Waals surface area contributed by atoms with Gasteiger partial charge in [-0.05, 0) is 31.0 Å². The minimum Gasteiger partial charge on any atom is -0.394 e. The van der Waals surface area contributed by atoms with Crippen molar-refractivity contribution in [3.05, 3.63) is 34.9 Å². The molecule has 14 heavy (non-hydrogen) atoms. The molecule has 0 aliphatic rings. The lowest BCUT2D eigenvalue weighted by Crippen LogP contribution is -2.36. The maximum absolute atomic E-state index is 9.07. The highest BCUT2D eigenvalue weighted by Crippen LogP contribution is 2.19. The third kappa shape index (κ3) is 1.92. The molecular weight excluding hydrogens is 176 g/mol. The number of rotatable bonds is 2. The van der Waals surface area contributed by atoms with Crippen molar-refractivity contribution in [2.24, 2.45) is 5.73 Å².